The lowest BCUT2D eigenvalue weighted by atomic mass is 10.0. The van der Waals surface area contributed by atoms with E-state index in [2.05, 4.69) is 16.0 Å². The summed E-state index contributed by atoms with van der Waals surface area (Å²) in [5.74, 6) is -8.15. The molecule has 12 N–H and O–H groups in total. The van der Waals surface area contributed by atoms with Crippen LogP contribution >= 0.6 is 0 Å². The van der Waals surface area contributed by atoms with Gasteiger partial charge in [-0.1, -0.05) is 13.8 Å². The number of nitrogens with one attached hydrogen (secondary N) is 4. The number of carbonyl (C=O) groups excluding carboxylic acids is 5. The van der Waals surface area contributed by atoms with Crippen LogP contribution < -0.4 is 32.7 Å². The Hall–Kier alpha value is -3.83. The molecule has 0 aliphatic carbocycles. The molecule has 0 aromatic rings. The summed E-state index contributed by atoms with van der Waals surface area (Å²) in [6.45, 7) is 3.85. The third kappa shape index (κ3) is 13.5. The van der Waals surface area contributed by atoms with E-state index in [-0.39, 0.29) is 12.3 Å². The second-order valence-corrected chi connectivity index (χ2v) is 9.27. The predicted molar refractivity (Wildman–Crippen MR) is 132 cm³/mol. The fraction of sp³-hybridized carbons (Fsp3) is 0.682. The van der Waals surface area contributed by atoms with Gasteiger partial charge in [0, 0.05) is 6.42 Å². The number of amides is 5. The normalized spacial score (nSPS) is 15.6. The molecule has 0 aliphatic rings. The number of carboxylic acids is 2. The van der Waals surface area contributed by atoms with Crippen LogP contribution in [0.25, 0.3) is 0 Å². The Bertz CT molecular complexity index is 911. The highest BCUT2D eigenvalue weighted by atomic mass is 16.4. The second-order valence-electron chi connectivity index (χ2n) is 9.27. The van der Waals surface area contributed by atoms with Gasteiger partial charge in [-0.2, -0.15) is 0 Å². The van der Waals surface area contributed by atoms with Crippen LogP contribution in [0.3, 0.4) is 0 Å². The van der Waals surface area contributed by atoms with Crippen LogP contribution in [0.1, 0.15) is 46.5 Å². The molecule has 0 rings (SSSR count). The minimum Gasteiger partial charge on any atom is -0.481 e. The fourth-order valence-electron chi connectivity index (χ4n) is 3.22. The number of aliphatic hydroxyl groups is 2. The first-order valence-electron chi connectivity index (χ1n) is 12.0. The summed E-state index contributed by atoms with van der Waals surface area (Å²) < 4.78 is 0. The molecule has 17 heteroatoms. The Morgan fingerprint density at radius 3 is 1.72 bits per heavy atom. The van der Waals surface area contributed by atoms with Crippen molar-refractivity contribution in [2.75, 3.05) is 6.61 Å². The molecule has 0 heterocycles. The Morgan fingerprint density at radius 2 is 1.28 bits per heavy atom. The van der Waals surface area contributed by atoms with Crippen molar-refractivity contribution in [1.82, 2.24) is 21.3 Å². The van der Waals surface area contributed by atoms with Gasteiger partial charge >= 0.3 is 11.9 Å². The van der Waals surface area contributed by atoms with Crippen LogP contribution in [0.2, 0.25) is 0 Å². The van der Waals surface area contributed by atoms with E-state index in [1.165, 1.54) is 0 Å². The van der Waals surface area contributed by atoms with Gasteiger partial charge in [-0.05, 0) is 25.7 Å². The highest BCUT2D eigenvalue weighted by molar-refractivity contribution is 5.97. The van der Waals surface area contributed by atoms with Gasteiger partial charge in [-0.15, -0.1) is 0 Å². The Balaban J connectivity index is 5.59. The fourth-order valence-corrected chi connectivity index (χ4v) is 3.22. The largest absolute Gasteiger partial charge is 0.481 e. The smallest absolute Gasteiger partial charge is 0.326 e. The summed E-state index contributed by atoms with van der Waals surface area (Å²) >= 11 is 0. The summed E-state index contributed by atoms with van der Waals surface area (Å²) in [5, 5.41) is 46.0. The van der Waals surface area contributed by atoms with Crippen molar-refractivity contribution >= 4 is 41.5 Å². The van der Waals surface area contributed by atoms with E-state index in [1.807, 2.05) is 19.2 Å². The van der Waals surface area contributed by atoms with Gasteiger partial charge in [0.15, 0.2) is 0 Å². The molecular formula is C22H38N6O11. The van der Waals surface area contributed by atoms with Crippen molar-refractivity contribution in [3.63, 3.8) is 0 Å². The molecule has 0 unspecified atom stereocenters. The van der Waals surface area contributed by atoms with Crippen LogP contribution in [-0.4, -0.2) is 105 Å². The summed E-state index contributed by atoms with van der Waals surface area (Å²) in [6.07, 6.45) is -3.23. The zero-order chi connectivity index (χ0) is 30.4. The molecule has 222 valence electrons. The Morgan fingerprint density at radius 1 is 0.769 bits per heavy atom. The number of aliphatic carboxylic acids is 2. The summed E-state index contributed by atoms with van der Waals surface area (Å²) in [4.78, 5) is 83.9. The van der Waals surface area contributed by atoms with Gasteiger partial charge in [0.2, 0.25) is 29.5 Å². The number of primary amides is 1. The van der Waals surface area contributed by atoms with Crippen LogP contribution in [0.5, 0.6) is 0 Å². The highest BCUT2D eigenvalue weighted by Crippen LogP contribution is 2.05. The first kappa shape index (κ1) is 35.2. The van der Waals surface area contributed by atoms with Crippen molar-refractivity contribution in [3.05, 3.63) is 0 Å². The Kier molecular flexibility index (Phi) is 15.2. The Labute approximate surface area is 224 Å². The van der Waals surface area contributed by atoms with Crippen molar-refractivity contribution < 1.29 is 54.0 Å². The highest BCUT2D eigenvalue weighted by Gasteiger charge is 2.34. The van der Waals surface area contributed by atoms with Crippen molar-refractivity contribution in [3.8, 4) is 0 Å². The van der Waals surface area contributed by atoms with Gasteiger partial charge in [-0.3, -0.25) is 28.8 Å². The van der Waals surface area contributed by atoms with Gasteiger partial charge < -0.3 is 53.2 Å². The van der Waals surface area contributed by atoms with Crippen LogP contribution in [-0.2, 0) is 33.6 Å². The molecule has 0 aliphatic heterocycles. The molecule has 0 fully saturated rings. The summed E-state index contributed by atoms with van der Waals surface area (Å²) in [7, 11) is 0. The van der Waals surface area contributed by atoms with Gasteiger partial charge in [0.1, 0.15) is 24.2 Å². The van der Waals surface area contributed by atoms with Gasteiger partial charge in [0.05, 0.1) is 25.2 Å². The molecule has 0 aromatic heterocycles. The van der Waals surface area contributed by atoms with E-state index < -0.39 is 104 Å². The van der Waals surface area contributed by atoms with E-state index in [0.717, 1.165) is 6.92 Å². The number of nitrogens with two attached hydrogens (primary N) is 2. The van der Waals surface area contributed by atoms with E-state index in [9.17, 15) is 48.9 Å². The number of hydrogen-bond donors (Lipinski definition) is 10. The molecule has 0 saturated heterocycles. The average molecular weight is 563 g/mol. The van der Waals surface area contributed by atoms with E-state index in [1.54, 1.807) is 0 Å². The number of aliphatic hydroxyl groups excluding tert-OH is 2. The van der Waals surface area contributed by atoms with Crippen molar-refractivity contribution in [1.29, 1.82) is 0 Å². The minimum atomic E-state index is -1.77. The molecule has 0 radical (unpaired) electrons. The third-order valence-electron chi connectivity index (χ3n) is 5.24. The van der Waals surface area contributed by atoms with E-state index >= 15 is 0 Å². The minimum absolute atomic E-state index is 0.0592. The lowest BCUT2D eigenvalue weighted by molar-refractivity contribution is -0.143. The van der Waals surface area contributed by atoms with E-state index in [4.69, 9.17) is 16.6 Å². The quantitative estimate of drug-likeness (QED) is 0.0756. The SMILES string of the molecule is CC(C)C[C@H](N)C(=O)N[C@@H](CO)C(=O)N[C@H](C(=O)N[C@@H](CC(N)=O)C(=O)N[C@@H](CCC(=O)O)C(=O)O)[C@@H](C)O. The summed E-state index contributed by atoms with van der Waals surface area (Å²) in [6, 6.07) is -7.74. The number of carboxylic acid groups (broad SMARTS) is 2. The van der Waals surface area contributed by atoms with Crippen LogP contribution in [0.4, 0.5) is 0 Å². The molecule has 6 atom stereocenters. The number of carbonyl (C=O) groups is 7. The first-order chi connectivity index (χ1) is 18.0. The maximum atomic E-state index is 12.8. The van der Waals surface area contributed by atoms with Gasteiger partial charge in [-0.25, -0.2) is 4.79 Å². The first-order valence-corrected chi connectivity index (χ1v) is 12.0. The predicted octanol–water partition coefficient (Wildman–Crippen LogP) is -4.50. The molecule has 39 heavy (non-hydrogen) atoms. The van der Waals surface area contributed by atoms with Gasteiger partial charge in [0.25, 0.3) is 0 Å². The molecule has 0 saturated carbocycles. The average Bonchev–Trinajstić information content (AvgIpc) is 2.81. The second kappa shape index (κ2) is 16.9. The molecule has 0 aromatic carbocycles. The molecular weight excluding hydrogens is 524 g/mol. The lowest BCUT2D eigenvalue weighted by Crippen LogP contribution is -2.61. The summed E-state index contributed by atoms with van der Waals surface area (Å²) in [5.41, 5.74) is 10.9. The maximum Gasteiger partial charge on any atom is 0.326 e. The van der Waals surface area contributed by atoms with Crippen LogP contribution in [0, 0.1) is 5.92 Å². The maximum absolute atomic E-state index is 12.8. The number of rotatable bonds is 18. The topological polar surface area (TPSA) is 301 Å². The van der Waals surface area contributed by atoms with Crippen molar-refractivity contribution in [2.45, 2.75) is 82.8 Å². The zero-order valence-corrected chi connectivity index (χ0v) is 21.9. The third-order valence-corrected chi connectivity index (χ3v) is 5.24. The lowest BCUT2D eigenvalue weighted by Gasteiger charge is -2.27. The monoisotopic (exact) mass is 562 g/mol. The van der Waals surface area contributed by atoms with Crippen LogP contribution in [0.15, 0.2) is 0 Å². The van der Waals surface area contributed by atoms with E-state index in [0.29, 0.717) is 0 Å². The standard InChI is InChI=1S/C22H38N6O11/c1-9(2)6-11(23)18(34)27-14(8-29)20(36)28-17(10(3)30)21(37)26-13(7-15(24)31)19(35)25-12(22(38)39)4-5-16(32)33/h9-14,17,29-30H,4-8,23H2,1-3H3,(H2,24,31)(H,25,35)(H,26,37)(H,27,34)(H,28,36)(H,32,33)(H,38,39)/t10-,11+,12+,13+,14+,17+/m1/s1. The molecule has 0 bridgehead atoms. The molecule has 17 nitrogen and oxygen atoms in total. The molecule has 0 spiro atoms. The molecule has 5 amide bonds. The van der Waals surface area contributed by atoms with Crippen molar-refractivity contribution in [2.24, 2.45) is 17.4 Å². The number of hydrogen-bond acceptors (Lipinski definition) is 10. The zero-order valence-electron chi connectivity index (χ0n) is 21.9.